The van der Waals surface area contributed by atoms with E-state index in [-0.39, 0.29) is 5.91 Å². The Morgan fingerprint density at radius 2 is 2.25 bits per heavy atom. The number of methoxy groups -OCH3 is 1. The third kappa shape index (κ3) is 3.81. The van der Waals surface area contributed by atoms with E-state index in [0.29, 0.717) is 17.9 Å². The van der Waals surface area contributed by atoms with E-state index >= 15 is 0 Å². The van der Waals surface area contributed by atoms with Gasteiger partial charge in [-0.2, -0.15) is 10.2 Å². The van der Waals surface area contributed by atoms with Crippen LogP contribution in [0, 0.1) is 0 Å². The second-order valence-corrected chi connectivity index (χ2v) is 5.28. The summed E-state index contributed by atoms with van der Waals surface area (Å²) in [5, 5.41) is 14.0. The molecule has 2 aromatic heterocycles. The molecule has 0 atom stereocenters. The summed E-state index contributed by atoms with van der Waals surface area (Å²) in [4.78, 5) is 12.1. The minimum atomic E-state index is -0.169. The van der Waals surface area contributed by atoms with Crippen LogP contribution in [0.25, 0.3) is 11.3 Å². The lowest BCUT2D eigenvalue weighted by Gasteiger charge is -2.03. The summed E-state index contributed by atoms with van der Waals surface area (Å²) in [5.41, 5.74) is 2.03. The fourth-order valence-corrected chi connectivity index (χ4v) is 2.34. The van der Waals surface area contributed by atoms with Gasteiger partial charge in [-0.05, 0) is 30.7 Å². The number of aromatic amines is 1. The zero-order valence-electron chi connectivity index (χ0n) is 13.4. The molecule has 3 rings (SSSR count). The van der Waals surface area contributed by atoms with E-state index in [9.17, 15) is 4.79 Å². The number of rotatable bonds is 7. The number of aromatic nitrogens is 4. The van der Waals surface area contributed by atoms with Crippen molar-refractivity contribution in [1.29, 1.82) is 0 Å². The molecule has 3 aromatic rings. The van der Waals surface area contributed by atoms with Gasteiger partial charge in [-0.15, -0.1) is 0 Å². The van der Waals surface area contributed by atoms with Crippen LogP contribution in [0.1, 0.15) is 16.9 Å². The molecule has 0 bridgehead atoms. The third-order valence-corrected chi connectivity index (χ3v) is 3.60. The molecule has 0 aliphatic heterocycles. The molecule has 0 saturated heterocycles. The molecule has 0 fully saturated rings. The number of aryl methyl sites for hydroxylation is 1. The van der Waals surface area contributed by atoms with Crippen LogP contribution in [-0.4, -0.2) is 39.5 Å². The maximum Gasteiger partial charge on any atom is 0.269 e. The van der Waals surface area contributed by atoms with Crippen LogP contribution in [-0.2, 0) is 6.54 Å². The SMILES string of the molecule is COc1cccc(-c2cc(C(=O)NCCCn3cccn3)[nH]n2)c1. The van der Waals surface area contributed by atoms with Gasteiger partial charge in [-0.1, -0.05) is 12.1 Å². The Morgan fingerprint density at radius 1 is 1.33 bits per heavy atom. The van der Waals surface area contributed by atoms with Crippen molar-refractivity contribution in [2.45, 2.75) is 13.0 Å². The highest BCUT2D eigenvalue weighted by Crippen LogP contribution is 2.22. The summed E-state index contributed by atoms with van der Waals surface area (Å²) in [6, 6.07) is 11.2. The first-order valence-corrected chi connectivity index (χ1v) is 7.72. The normalized spacial score (nSPS) is 10.5. The molecule has 2 heterocycles. The van der Waals surface area contributed by atoms with Crippen molar-refractivity contribution < 1.29 is 9.53 Å². The first-order valence-electron chi connectivity index (χ1n) is 7.72. The van der Waals surface area contributed by atoms with Crippen molar-refractivity contribution in [3.8, 4) is 17.0 Å². The quantitative estimate of drug-likeness (QED) is 0.652. The molecule has 7 nitrogen and oxygen atoms in total. The second kappa shape index (κ2) is 7.45. The lowest BCUT2D eigenvalue weighted by Crippen LogP contribution is -2.25. The van der Waals surface area contributed by atoms with Gasteiger partial charge in [0.05, 0.1) is 12.8 Å². The topological polar surface area (TPSA) is 84.8 Å². The average molecular weight is 325 g/mol. The minimum Gasteiger partial charge on any atom is -0.497 e. The first kappa shape index (κ1) is 15.8. The highest BCUT2D eigenvalue weighted by Gasteiger charge is 2.11. The van der Waals surface area contributed by atoms with Gasteiger partial charge in [0.2, 0.25) is 0 Å². The summed E-state index contributed by atoms with van der Waals surface area (Å²) in [7, 11) is 1.62. The lowest BCUT2D eigenvalue weighted by atomic mass is 10.1. The smallest absolute Gasteiger partial charge is 0.269 e. The summed E-state index contributed by atoms with van der Waals surface area (Å²) in [5.74, 6) is 0.581. The predicted molar refractivity (Wildman–Crippen MR) is 89.8 cm³/mol. The first-order chi connectivity index (χ1) is 11.8. The molecule has 1 aromatic carbocycles. The average Bonchev–Trinajstić information content (AvgIpc) is 3.30. The molecule has 0 radical (unpaired) electrons. The number of hydrogen-bond donors (Lipinski definition) is 2. The number of nitrogens with one attached hydrogen (secondary N) is 2. The Bertz CT molecular complexity index is 795. The number of benzene rings is 1. The fraction of sp³-hybridized carbons (Fsp3) is 0.235. The Balaban J connectivity index is 1.55. The minimum absolute atomic E-state index is 0.169. The van der Waals surface area contributed by atoms with Crippen LogP contribution in [0.15, 0.2) is 48.8 Å². The van der Waals surface area contributed by atoms with Gasteiger partial charge in [0.1, 0.15) is 11.4 Å². The molecule has 0 unspecified atom stereocenters. The summed E-state index contributed by atoms with van der Waals surface area (Å²) >= 11 is 0. The molecule has 2 N–H and O–H groups in total. The second-order valence-electron chi connectivity index (χ2n) is 5.28. The Kier molecular flexibility index (Phi) is 4.90. The zero-order valence-corrected chi connectivity index (χ0v) is 13.4. The number of amides is 1. The van der Waals surface area contributed by atoms with Gasteiger partial charge >= 0.3 is 0 Å². The van der Waals surface area contributed by atoms with Gasteiger partial charge in [-0.25, -0.2) is 0 Å². The number of H-pyrrole nitrogens is 1. The van der Waals surface area contributed by atoms with E-state index in [0.717, 1.165) is 24.3 Å². The monoisotopic (exact) mass is 325 g/mol. The molecule has 24 heavy (non-hydrogen) atoms. The maximum atomic E-state index is 12.1. The number of carbonyl (C=O) groups is 1. The predicted octanol–water partition coefficient (Wildman–Crippen LogP) is 2.10. The number of ether oxygens (including phenoxy) is 1. The maximum absolute atomic E-state index is 12.1. The molecule has 7 heteroatoms. The molecule has 0 spiro atoms. The molecule has 124 valence electrons. The number of hydrogen-bond acceptors (Lipinski definition) is 4. The van der Waals surface area contributed by atoms with Crippen LogP contribution in [0.3, 0.4) is 0 Å². The summed E-state index contributed by atoms with van der Waals surface area (Å²) in [6.07, 6.45) is 4.45. The molecule has 1 amide bonds. The highest BCUT2D eigenvalue weighted by atomic mass is 16.5. The van der Waals surface area contributed by atoms with E-state index in [2.05, 4.69) is 20.6 Å². The molecular formula is C17H19N5O2. The molecular weight excluding hydrogens is 306 g/mol. The Hall–Kier alpha value is -3.09. The van der Waals surface area contributed by atoms with E-state index in [1.807, 2.05) is 41.2 Å². The molecule has 0 aliphatic carbocycles. The number of carbonyl (C=O) groups excluding carboxylic acids is 1. The van der Waals surface area contributed by atoms with Crippen molar-refractivity contribution in [1.82, 2.24) is 25.3 Å². The van der Waals surface area contributed by atoms with E-state index in [4.69, 9.17) is 4.74 Å². The zero-order chi connectivity index (χ0) is 16.8. The van der Waals surface area contributed by atoms with E-state index in [1.54, 1.807) is 19.4 Å². The van der Waals surface area contributed by atoms with Crippen LogP contribution in [0.4, 0.5) is 0 Å². The standard InChI is InChI=1S/C17H19N5O2/c1-24-14-6-2-5-13(11-14)15-12-16(21-20-15)17(23)18-7-3-9-22-10-4-8-19-22/h2,4-6,8,10-12H,3,7,9H2,1H3,(H,18,23)(H,20,21). The summed E-state index contributed by atoms with van der Waals surface area (Å²) < 4.78 is 7.04. The summed E-state index contributed by atoms with van der Waals surface area (Å²) in [6.45, 7) is 1.34. The lowest BCUT2D eigenvalue weighted by molar-refractivity contribution is 0.0947. The largest absolute Gasteiger partial charge is 0.497 e. The van der Waals surface area contributed by atoms with Crippen LogP contribution < -0.4 is 10.1 Å². The third-order valence-electron chi connectivity index (χ3n) is 3.60. The molecule has 0 saturated carbocycles. The van der Waals surface area contributed by atoms with Crippen molar-refractivity contribution in [3.63, 3.8) is 0 Å². The highest BCUT2D eigenvalue weighted by molar-refractivity contribution is 5.93. The fourth-order valence-electron chi connectivity index (χ4n) is 2.34. The van der Waals surface area contributed by atoms with Crippen LogP contribution in [0.2, 0.25) is 0 Å². The van der Waals surface area contributed by atoms with Gasteiger partial charge < -0.3 is 10.1 Å². The van der Waals surface area contributed by atoms with Crippen molar-refractivity contribution in [2.24, 2.45) is 0 Å². The van der Waals surface area contributed by atoms with Crippen LogP contribution >= 0.6 is 0 Å². The van der Waals surface area contributed by atoms with Gasteiger partial charge in [0.15, 0.2) is 0 Å². The van der Waals surface area contributed by atoms with E-state index in [1.165, 1.54) is 0 Å². The van der Waals surface area contributed by atoms with Crippen LogP contribution in [0.5, 0.6) is 5.75 Å². The Morgan fingerprint density at radius 3 is 3.04 bits per heavy atom. The van der Waals surface area contributed by atoms with Crippen molar-refractivity contribution in [3.05, 3.63) is 54.5 Å². The van der Waals surface area contributed by atoms with Gasteiger partial charge in [0.25, 0.3) is 5.91 Å². The number of nitrogens with zero attached hydrogens (tertiary/aromatic N) is 3. The Labute approximate surface area is 139 Å². The van der Waals surface area contributed by atoms with Crippen molar-refractivity contribution >= 4 is 5.91 Å². The van der Waals surface area contributed by atoms with Crippen molar-refractivity contribution in [2.75, 3.05) is 13.7 Å². The van der Waals surface area contributed by atoms with E-state index < -0.39 is 0 Å². The molecule has 0 aliphatic rings. The van der Waals surface area contributed by atoms with Gasteiger partial charge in [0, 0.05) is 31.0 Å². The van der Waals surface area contributed by atoms with Gasteiger partial charge in [-0.3, -0.25) is 14.6 Å².